The van der Waals surface area contributed by atoms with Gasteiger partial charge in [0, 0.05) is 37.7 Å². The SMILES string of the molecule is Cc1ccc(S(=O)(=O)N[C@H](Cc2ccccc2)C(=O)NCc2ccc([C@H]3O[C@@H](CN4CCC[C@H]4CN4CCCC4)C[C@@H](c4ccc(CO)cc4)O3)cc2)cc1. The first-order valence-electron chi connectivity index (χ1n) is 19.7. The van der Waals surface area contributed by atoms with Crippen LogP contribution in [-0.2, 0) is 43.9 Å². The highest BCUT2D eigenvalue weighted by Crippen LogP contribution is 2.39. The number of aliphatic hydroxyl groups is 1. The van der Waals surface area contributed by atoms with Crippen molar-refractivity contribution in [3.8, 4) is 0 Å². The lowest BCUT2D eigenvalue weighted by Crippen LogP contribution is -2.47. The van der Waals surface area contributed by atoms with Gasteiger partial charge in [-0.05, 0) is 93.0 Å². The average molecular weight is 767 g/mol. The summed E-state index contributed by atoms with van der Waals surface area (Å²) in [6.45, 7) is 7.58. The molecule has 0 unspecified atom stereocenters. The number of benzene rings is 4. The first kappa shape index (κ1) is 39.3. The highest BCUT2D eigenvalue weighted by atomic mass is 32.2. The number of carbonyl (C=O) groups excluding carboxylic acids is 1. The van der Waals surface area contributed by atoms with E-state index in [-0.39, 0.29) is 36.7 Å². The van der Waals surface area contributed by atoms with Crippen molar-refractivity contribution in [2.75, 3.05) is 32.7 Å². The second kappa shape index (κ2) is 18.3. The number of sulfonamides is 1. The summed E-state index contributed by atoms with van der Waals surface area (Å²) in [7, 11) is -3.95. The number of nitrogens with one attached hydrogen (secondary N) is 2. The standard InChI is InChI=1S/C44H54N4O6S/c1-32-11-21-40(22-12-32)55(51,52)46-41(26-33-8-3-2-4-9-33)43(50)45-28-34-13-19-37(20-14-34)44-53-39(27-42(54-44)36-17-15-35(31-49)16-18-36)30-48-25-7-10-38(48)29-47-23-5-6-24-47/h2-4,8-9,11-22,38-39,41-42,44,46,49H,5-7,10,23-31H2,1H3,(H,45,50)/t38-,39+,41+,42-,44-/m0/s1. The lowest BCUT2D eigenvalue weighted by Gasteiger charge is -2.39. The van der Waals surface area contributed by atoms with Crippen LogP contribution in [0.25, 0.3) is 0 Å². The second-order valence-electron chi connectivity index (χ2n) is 15.3. The van der Waals surface area contributed by atoms with Gasteiger partial charge < -0.3 is 24.8 Å². The summed E-state index contributed by atoms with van der Waals surface area (Å²) in [5, 5.41) is 12.6. The molecule has 0 aromatic heterocycles. The molecule has 292 valence electrons. The van der Waals surface area contributed by atoms with Gasteiger partial charge in [0.05, 0.1) is 23.7 Å². The fraction of sp³-hybridized carbons (Fsp3) is 0.432. The molecule has 1 amide bonds. The molecule has 3 fully saturated rings. The van der Waals surface area contributed by atoms with Crippen molar-refractivity contribution in [3.63, 3.8) is 0 Å². The molecule has 3 aliphatic rings. The van der Waals surface area contributed by atoms with E-state index < -0.39 is 28.3 Å². The van der Waals surface area contributed by atoms with Crippen molar-refractivity contribution in [2.45, 2.75) is 94.1 Å². The van der Waals surface area contributed by atoms with Gasteiger partial charge in [0.2, 0.25) is 15.9 Å². The van der Waals surface area contributed by atoms with Crippen LogP contribution in [0.1, 0.15) is 77.9 Å². The summed E-state index contributed by atoms with van der Waals surface area (Å²) in [6.07, 6.45) is 5.20. The Hall–Kier alpha value is -3.94. The van der Waals surface area contributed by atoms with E-state index >= 15 is 0 Å². The molecule has 0 spiro atoms. The summed E-state index contributed by atoms with van der Waals surface area (Å²) >= 11 is 0. The predicted molar refractivity (Wildman–Crippen MR) is 212 cm³/mol. The van der Waals surface area contributed by atoms with Gasteiger partial charge in [-0.1, -0.05) is 96.6 Å². The minimum Gasteiger partial charge on any atom is -0.392 e. The van der Waals surface area contributed by atoms with Gasteiger partial charge in [-0.3, -0.25) is 9.69 Å². The number of rotatable bonds is 15. The van der Waals surface area contributed by atoms with Crippen LogP contribution in [0, 0.1) is 6.92 Å². The van der Waals surface area contributed by atoms with Crippen LogP contribution in [-0.4, -0.2) is 80.1 Å². The third-order valence-corrected chi connectivity index (χ3v) is 12.7. The van der Waals surface area contributed by atoms with Gasteiger partial charge in [-0.2, -0.15) is 4.72 Å². The van der Waals surface area contributed by atoms with E-state index in [0.717, 1.165) is 59.4 Å². The van der Waals surface area contributed by atoms with Crippen LogP contribution in [0.2, 0.25) is 0 Å². The Morgan fingerprint density at radius 3 is 2.20 bits per heavy atom. The van der Waals surface area contributed by atoms with Crippen LogP contribution in [0.3, 0.4) is 0 Å². The summed E-state index contributed by atoms with van der Waals surface area (Å²) < 4.78 is 42.6. The molecule has 7 rings (SSSR count). The summed E-state index contributed by atoms with van der Waals surface area (Å²) in [6, 6.07) is 31.3. The molecular weight excluding hydrogens is 713 g/mol. The van der Waals surface area contributed by atoms with Gasteiger partial charge in [0.15, 0.2) is 6.29 Å². The maximum atomic E-state index is 13.6. The normalized spacial score (nSPS) is 22.8. The number of nitrogens with zero attached hydrogens (tertiary/aromatic N) is 2. The zero-order valence-electron chi connectivity index (χ0n) is 31.7. The first-order chi connectivity index (χ1) is 26.7. The Bertz CT molecular complexity index is 1940. The van der Waals surface area contributed by atoms with Crippen LogP contribution < -0.4 is 10.0 Å². The largest absolute Gasteiger partial charge is 0.392 e. The lowest BCUT2D eigenvalue weighted by atomic mass is 9.99. The first-order valence-corrected chi connectivity index (χ1v) is 21.2. The van der Waals surface area contributed by atoms with E-state index in [0.29, 0.717) is 6.04 Å². The van der Waals surface area contributed by atoms with E-state index in [2.05, 4.69) is 19.8 Å². The van der Waals surface area contributed by atoms with E-state index in [1.807, 2.05) is 85.8 Å². The number of aryl methyl sites for hydroxylation is 1. The maximum absolute atomic E-state index is 13.6. The molecule has 0 bridgehead atoms. The van der Waals surface area contributed by atoms with E-state index in [1.165, 1.54) is 38.8 Å². The molecule has 0 radical (unpaired) electrons. The molecule has 4 aromatic carbocycles. The predicted octanol–water partition coefficient (Wildman–Crippen LogP) is 5.80. The van der Waals surface area contributed by atoms with Crippen molar-refractivity contribution in [1.82, 2.24) is 19.8 Å². The summed E-state index contributed by atoms with van der Waals surface area (Å²) in [5.74, 6) is -0.412. The molecule has 5 atom stereocenters. The highest BCUT2D eigenvalue weighted by molar-refractivity contribution is 7.89. The Balaban J connectivity index is 1.02. The lowest BCUT2D eigenvalue weighted by molar-refractivity contribution is -0.253. The van der Waals surface area contributed by atoms with E-state index in [1.54, 1.807) is 24.3 Å². The molecule has 11 heteroatoms. The minimum atomic E-state index is -3.95. The van der Waals surface area contributed by atoms with Crippen LogP contribution in [0.5, 0.6) is 0 Å². The third kappa shape index (κ3) is 10.5. The number of carbonyl (C=O) groups is 1. The molecule has 55 heavy (non-hydrogen) atoms. The molecular formula is C44H54N4O6S. The monoisotopic (exact) mass is 766 g/mol. The molecule has 3 N–H and O–H groups in total. The highest BCUT2D eigenvalue weighted by Gasteiger charge is 2.36. The Morgan fingerprint density at radius 2 is 1.49 bits per heavy atom. The van der Waals surface area contributed by atoms with Crippen LogP contribution in [0.4, 0.5) is 0 Å². The van der Waals surface area contributed by atoms with E-state index in [4.69, 9.17) is 9.47 Å². The third-order valence-electron chi connectivity index (χ3n) is 11.2. The van der Waals surface area contributed by atoms with Crippen LogP contribution >= 0.6 is 0 Å². The fourth-order valence-corrected chi connectivity index (χ4v) is 9.21. The molecule has 0 aliphatic carbocycles. The zero-order valence-corrected chi connectivity index (χ0v) is 32.5. The number of likely N-dealkylation sites (tertiary alicyclic amines) is 2. The van der Waals surface area contributed by atoms with Gasteiger partial charge in [0.25, 0.3) is 0 Å². The Morgan fingerprint density at radius 1 is 0.800 bits per heavy atom. The van der Waals surface area contributed by atoms with Gasteiger partial charge in [-0.25, -0.2) is 8.42 Å². The quantitative estimate of drug-likeness (QED) is 0.139. The van der Waals surface area contributed by atoms with Crippen molar-refractivity contribution in [3.05, 3.63) is 137 Å². The average Bonchev–Trinajstić information content (AvgIpc) is 3.89. The molecule has 0 saturated carbocycles. The zero-order chi connectivity index (χ0) is 38.2. The number of aliphatic hydroxyl groups excluding tert-OH is 1. The Kier molecular flexibility index (Phi) is 13.1. The number of hydrogen-bond donors (Lipinski definition) is 3. The summed E-state index contributed by atoms with van der Waals surface area (Å²) in [4.78, 5) is 19.0. The molecule has 3 saturated heterocycles. The number of hydrogen-bond acceptors (Lipinski definition) is 8. The number of amides is 1. The molecule has 4 aromatic rings. The van der Waals surface area contributed by atoms with Crippen molar-refractivity contribution in [1.29, 1.82) is 0 Å². The second-order valence-corrected chi connectivity index (χ2v) is 17.0. The smallest absolute Gasteiger partial charge is 0.241 e. The minimum absolute atomic E-state index is 0.00292. The van der Waals surface area contributed by atoms with Gasteiger partial charge in [0.1, 0.15) is 6.04 Å². The van der Waals surface area contributed by atoms with Gasteiger partial charge >= 0.3 is 0 Å². The topological polar surface area (TPSA) is 120 Å². The number of ether oxygens (including phenoxy) is 2. The fourth-order valence-electron chi connectivity index (χ4n) is 8.02. The maximum Gasteiger partial charge on any atom is 0.241 e. The van der Waals surface area contributed by atoms with Crippen molar-refractivity contribution >= 4 is 15.9 Å². The molecule has 3 heterocycles. The van der Waals surface area contributed by atoms with Crippen molar-refractivity contribution in [2.24, 2.45) is 0 Å². The van der Waals surface area contributed by atoms with Gasteiger partial charge in [-0.15, -0.1) is 0 Å². The van der Waals surface area contributed by atoms with Crippen LogP contribution in [0.15, 0.2) is 108 Å². The molecule has 10 nitrogen and oxygen atoms in total. The molecule has 3 aliphatic heterocycles. The van der Waals surface area contributed by atoms with Crippen molar-refractivity contribution < 1.29 is 27.8 Å². The Labute approximate surface area is 325 Å². The van der Waals surface area contributed by atoms with E-state index in [9.17, 15) is 18.3 Å². The summed E-state index contributed by atoms with van der Waals surface area (Å²) in [5.41, 5.74) is 5.47.